The average molecular weight is 292 g/mol. The van der Waals surface area contributed by atoms with Gasteiger partial charge < -0.3 is 16.0 Å². The van der Waals surface area contributed by atoms with Crippen molar-refractivity contribution in [3.8, 4) is 0 Å². The quantitative estimate of drug-likeness (QED) is 0.721. The molecule has 0 fully saturated rings. The van der Waals surface area contributed by atoms with E-state index in [0.717, 1.165) is 37.3 Å². The number of nitrogens with two attached hydrogens (primary N) is 1. The Bertz CT molecular complexity index is 434. The van der Waals surface area contributed by atoms with Gasteiger partial charge >= 0.3 is 0 Å². The summed E-state index contributed by atoms with van der Waals surface area (Å²) in [6.07, 6.45) is 1.07. The zero-order chi connectivity index (χ0) is 15.7. The molecule has 0 aromatic heterocycles. The maximum Gasteiger partial charge on any atom is 0.238 e. The third-order valence-electron chi connectivity index (χ3n) is 3.34. The predicted molar refractivity (Wildman–Crippen MR) is 88.2 cm³/mol. The van der Waals surface area contributed by atoms with Crippen molar-refractivity contribution in [2.24, 2.45) is 5.73 Å². The first-order chi connectivity index (χ1) is 10.0. The standard InChI is InChI=1S/C16H28N4O/c1-4-20(10-6-9-19(2)3)13-16(21)18-15-8-5-7-14(11-15)12-17/h5,7-8,11H,4,6,9-10,12-13,17H2,1-3H3,(H,18,21). The lowest BCUT2D eigenvalue weighted by atomic mass is 10.2. The molecule has 5 nitrogen and oxygen atoms in total. The Morgan fingerprint density at radius 2 is 2.05 bits per heavy atom. The number of hydrogen-bond acceptors (Lipinski definition) is 4. The van der Waals surface area contributed by atoms with Gasteiger partial charge in [0.25, 0.3) is 0 Å². The highest BCUT2D eigenvalue weighted by Gasteiger charge is 2.09. The Balaban J connectivity index is 2.42. The number of anilines is 1. The normalized spacial score (nSPS) is 11.1. The van der Waals surface area contributed by atoms with E-state index in [1.54, 1.807) is 0 Å². The largest absolute Gasteiger partial charge is 0.326 e. The highest BCUT2D eigenvalue weighted by molar-refractivity contribution is 5.92. The molecule has 0 atom stereocenters. The van der Waals surface area contributed by atoms with Gasteiger partial charge in [-0.25, -0.2) is 0 Å². The maximum absolute atomic E-state index is 12.1. The van der Waals surface area contributed by atoms with E-state index in [-0.39, 0.29) is 5.91 Å². The van der Waals surface area contributed by atoms with Crippen LogP contribution in [-0.2, 0) is 11.3 Å². The minimum absolute atomic E-state index is 0.0240. The fourth-order valence-corrected chi connectivity index (χ4v) is 2.14. The van der Waals surface area contributed by atoms with Gasteiger partial charge in [-0.15, -0.1) is 0 Å². The molecule has 118 valence electrons. The second-order valence-corrected chi connectivity index (χ2v) is 5.48. The van der Waals surface area contributed by atoms with E-state index in [0.29, 0.717) is 13.1 Å². The van der Waals surface area contributed by atoms with Crippen LogP contribution in [0.5, 0.6) is 0 Å². The van der Waals surface area contributed by atoms with Crippen molar-refractivity contribution in [2.75, 3.05) is 45.6 Å². The number of hydrogen-bond donors (Lipinski definition) is 2. The number of carbonyl (C=O) groups excluding carboxylic acids is 1. The molecule has 0 saturated carbocycles. The van der Waals surface area contributed by atoms with Crippen LogP contribution >= 0.6 is 0 Å². The van der Waals surface area contributed by atoms with Crippen LogP contribution in [0, 0.1) is 0 Å². The fourth-order valence-electron chi connectivity index (χ4n) is 2.14. The molecule has 3 N–H and O–H groups in total. The van der Waals surface area contributed by atoms with Gasteiger partial charge in [-0.3, -0.25) is 9.69 Å². The van der Waals surface area contributed by atoms with Crippen LogP contribution in [0.2, 0.25) is 0 Å². The van der Waals surface area contributed by atoms with Crippen molar-refractivity contribution >= 4 is 11.6 Å². The first-order valence-electron chi connectivity index (χ1n) is 7.51. The molecule has 0 aliphatic rings. The Labute approximate surface area is 128 Å². The summed E-state index contributed by atoms with van der Waals surface area (Å²) in [7, 11) is 4.13. The van der Waals surface area contributed by atoms with Gasteiger partial charge in [-0.05, 0) is 57.8 Å². The molecule has 0 radical (unpaired) electrons. The second-order valence-electron chi connectivity index (χ2n) is 5.48. The number of likely N-dealkylation sites (N-methyl/N-ethyl adjacent to an activating group) is 1. The van der Waals surface area contributed by atoms with Crippen LogP contribution in [0.4, 0.5) is 5.69 Å². The average Bonchev–Trinajstić information content (AvgIpc) is 2.46. The lowest BCUT2D eigenvalue weighted by molar-refractivity contribution is -0.117. The number of nitrogens with one attached hydrogen (secondary N) is 1. The van der Waals surface area contributed by atoms with Gasteiger partial charge in [0.05, 0.1) is 6.54 Å². The molecule has 0 spiro atoms. The molecule has 0 aliphatic heterocycles. The van der Waals surface area contributed by atoms with Crippen molar-refractivity contribution in [2.45, 2.75) is 19.9 Å². The van der Waals surface area contributed by atoms with Crippen molar-refractivity contribution in [1.82, 2.24) is 9.80 Å². The maximum atomic E-state index is 12.1. The first kappa shape index (κ1) is 17.6. The highest BCUT2D eigenvalue weighted by atomic mass is 16.2. The molecular formula is C16H28N4O. The van der Waals surface area contributed by atoms with Gasteiger partial charge in [-0.1, -0.05) is 19.1 Å². The summed E-state index contributed by atoms with van der Waals surface area (Å²) in [5, 5.41) is 2.93. The van der Waals surface area contributed by atoms with Crippen molar-refractivity contribution < 1.29 is 4.79 Å². The molecular weight excluding hydrogens is 264 g/mol. The van der Waals surface area contributed by atoms with Crippen molar-refractivity contribution in [3.05, 3.63) is 29.8 Å². The zero-order valence-corrected chi connectivity index (χ0v) is 13.4. The summed E-state index contributed by atoms with van der Waals surface area (Å²) in [6.45, 7) is 5.84. The Morgan fingerprint density at radius 1 is 1.29 bits per heavy atom. The van der Waals surface area contributed by atoms with Crippen LogP contribution in [0.3, 0.4) is 0 Å². The molecule has 1 aromatic carbocycles. The van der Waals surface area contributed by atoms with E-state index < -0.39 is 0 Å². The number of rotatable bonds is 9. The number of amides is 1. The van der Waals surface area contributed by atoms with Gasteiger partial charge in [0.1, 0.15) is 0 Å². The summed E-state index contributed by atoms with van der Waals surface area (Å²) in [5.74, 6) is 0.0240. The molecule has 21 heavy (non-hydrogen) atoms. The summed E-state index contributed by atoms with van der Waals surface area (Å²) < 4.78 is 0. The second kappa shape index (κ2) is 9.50. The minimum atomic E-state index is 0.0240. The molecule has 5 heteroatoms. The van der Waals surface area contributed by atoms with E-state index in [9.17, 15) is 4.79 Å². The third-order valence-corrected chi connectivity index (χ3v) is 3.34. The highest BCUT2D eigenvalue weighted by Crippen LogP contribution is 2.10. The zero-order valence-electron chi connectivity index (χ0n) is 13.4. The fraction of sp³-hybridized carbons (Fsp3) is 0.562. The Kier molecular flexibility index (Phi) is 7.97. The van der Waals surface area contributed by atoms with Gasteiger partial charge in [-0.2, -0.15) is 0 Å². The first-order valence-corrected chi connectivity index (χ1v) is 7.51. The molecule has 0 heterocycles. The van der Waals surface area contributed by atoms with Crippen LogP contribution in [0.1, 0.15) is 18.9 Å². The van der Waals surface area contributed by atoms with Gasteiger partial charge in [0.15, 0.2) is 0 Å². The summed E-state index contributed by atoms with van der Waals surface area (Å²) >= 11 is 0. The number of carbonyl (C=O) groups is 1. The monoisotopic (exact) mass is 292 g/mol. The van der Waals surface area contributed by atoms with Crippen LogP contribution in [0.25, 0.3) is 0 Å². The van der Waals surface area contributed by atoms with Crippen LogP contribution in [-0.4, -0.2) is 56.0 Å². The smallest absolute Gasteiger partial charge is 0.238 e. The SMILES string of the molecule is CCN(CCCN(C)C)CC(=O)Nc1cccc(CN)c1. The van der Waals surface area contributed by atoms with Gasteiger partial charge in [0, 0.05) is 12.2 Å². The van der Waals surface area contributed by atoms with E-state index in [1.165, 1.54) is 0 Å². The van der Waals surface area contributed by atoms with E-state index in [4.69, 9.17) is 5.73 Å². The lowest BCUT2D eigenvalue weighted by Gasteiger charge is -2.21. The minimum Gasteiger partial charge on any atom is -0.326 e. The topological polar surface area (TPSA) is 61.6 Å². The summed E-state index contributed by atoms with van der Waals surface area (Å²) in [5.41, 5.74) is 7.44. The van der Waals surface area contributed by atoms with Gasteiger partial charge in [0.2, 0.25) is 5.91 Å². The predicted octanol–water partition coefficient (Wildman–Crippen LogP) is 1.36. The summed E-state index contributed by atoms with van der Waals surface area (Å²) in [6, 6.07) is 7.67. The van der Waals surface area contributed by atoms with E-state index >= 15 is 0 Å². The van der Waals surface area contributed by atoms with Crippen LogP contribution < -0.4 is 11.1 Å². The molecule has 0 aliphatic carbocycles. The molecule has 1 amide bonds. The number of benzene rings is 1. The van der Waals surface area contributed by atoms with Crippen molar-refractivity contribution in [1.29, 1.82) is 0 Å². The molecule has 0 unspecified atom stereocenters. The third kappa shape index (κ3) is 7.22. The molecule has 0 saturated heterocycles. The van der Waals surface area contributed by atoms with E-state index in [2.05, 4.69) is 36.1 Å². The summed E-state index contributed by atoms with van der Waals surface area (Å²) in [4.78, 5) is 16.4. The Hall–Kier alpha value is -1.43. The Morgan fingerprint density at radius 3 is 2.67 bits per heavy atom. The van der Waals surface area contributed by atoms with E-state index in [1.807, 2.05) is 24.3 Å². The van der Waals surface area contributed by atoms with Crippen molar-refractivity contribution in [3.63, 3.8) is 0 Å². The molecule has 1 rings (SSSR count). The molecule has 1 aromatic rings. The molecule has 0 bridgehead atoms. The number of nitrogens with zero attached hydrogens (tertiary/aromatic N) is 2. The lowest BCUT2D eigenvalue weighted by Crippen LogP contribution is -2.34. The van der Waals surface area contributed by atoms with Crippen LogP contribution in [0.15, 0.2) is 24.3 Å².